The third-order valence-electron chi connectivity index (χ3n) is 3.76. The number of fused-ring (bicyclic) bond motifs is 1. The molecule has 0 spiro atoms. The summed E-state index contributed by atoms with van der Waals surface area (Å²) in [4.78, 5) is 1.29. The maximum atomic E-state index is 13.8. The molecule has 0 saturated heterocycles. The van der Waals surface area contributed by atoms with Gasteiger partial charge < -0.3 is 9.47 Å². The lowest BCUT2D eigenvalue weighted by Crippen LogP contribution is -2.13. The second kappa shape index (κ2) is 7.51. The highest BCUT2D eigenvalue weighted by Gasteiger charge is 2.18. The smallest absolute Gasteiger partial charge is 0.209 e. The van der Waals surface area contributed by atoms with E-state index in [4.69, 9.17) is 9.47 Å². The molecule has 1 aliphatic rings. The van der Waals surface area contributed by atoms with Crippen LogP contribution in [0, 0.1) is 5.82 Å². The molecule has 9 heteroatoms. The van der Waals surface area contributed by atoms with Gasteiger partial charge in [-0.05, 0) is 34.0 Å². The van der Waals surface area contributed by atoms with E-state index in [1.807, 2.05) is 6.07 Å². The lowest BCUT2D eigenvalue weighted by Gasteiger charge is -2.20. The second-order valence-electron chi connectivity index (χ2n) is 5.47. The summed E-state index contributed by atoms with van der Waals surface area (Å²) in [6.45, 7) is 1.26. The average Bonchev–Trinajstić information content (AvgIpc) is 3.29. The van der Waals surface area contributed by atoms with Crippen molar-refractivity contribution in [2.24, 2.45) is 0 Å². The van der Waals surface area contributed by atoms with Gasteiger partial charge in [-0.1, -0.05) is 17.8 Å². The van der Waals surface area contributed by atoms with Gasteiger partial charge in [0.1, 0.15) is 11.6 Å². The van der Waals surface area contributed by atoms with Gasteiger partial charge in [-0.3, -0.25) is 0 Å². The Hall–Kier alpha value is -1.97. The van der Waals surface area contributed by atoms with Gasteiger partial charge >= 0.3 is 0 Å². The molecule has 4 rings (SSSR count). The van der Waals surface area contributed by atoms with Gasteiger partial charge in [0.15, 0.2) is 6.79 Å². The Balaban J connectivity index is 1.45. The fourth-order valence-electron chi connectivity index (χ4n) is 2.62. The van der Waals surface area contributed by atoms with Crippen LogP contribution < -0.4 is 4.74 Å². The number of hydrogen-bond acceptors (Lipinski definition) is 7. The molecular weight excluding hydrogens is 363 g/mol. The molecule has 25 heavy (non-hydrogen) atoms. The van der Waals surface area contributed by atoms with Crippen LogP contribution in [0.5, 0.6) is 5.75 Å². The van der Waals surface area contributed by atoms with Crippen LogP contribution in [0.3, 0.4) is 0 Å². The predicted octanol–water partition coefficient (Wildman–Crippen LogP) is 3.28. The summed E-state index contributed by atoms with van der Waals surface area (Å²) in [7, 11) is 0. The van der Waals surface area contributed by atoms with Crippen molar-refractivity contribution in [1.29, 1.82) is 0 Å². The first-order chi connectivity index (χ1) is 12.3. The van der Waals surface area contributed by atoms with Crippen molar-refractivity contribution in [3.8, 4) is 5.75 Å². The highest BCUT2D eigenvalue weighted by Crippen LogP contribution is 2.33. The van der Waals surface area contributed by atoms with E-state index < -0.39 is 0 Å². The highest BCUT2D eigenvalue weighted by molar-refractivity contribution is 7.98. The Kier molecular flexibility index (Phi) is 4.95. The Bertz CT molecular complexity index is 854. The molecule has 0 amide bonds. The van der Waals surface area contributed by atoms with Crippen LogP contribution in [0.1, 0.15) is 16.0 Å². The highest BCUT2D eigenvalue weighted by atomic mass is 32.2. The van der Waals surface area contributed by atoms with Crippen molar-refractivity contribution in [3.05, 3.63) is 51.5 Å². The summed E-state index contributed by atoms with van der Waals surface area (Å²) < 4.78 is 26.3. The van der Waals surface area contributed by atoms with Gasteiger partial charge in [-0.15, -0.1) is 16.4 Å². The van der Waals surface area contributed by atoms with E-state index in [-0.39, 0.29) is 12.6 Å². The van der Waals surface area contributed by atoms with Crippen molar-refractivity contribution < 1.29 is 13.9 Å². The zero-order valence-corrected chi connectivity index (χ0v) is 14.9. The van der Waals surface area contributed by atoms with Crippen molar-refractivity contribution in [2.45, 2.75) is 30.5 Å². The fourth-order valence-corrected chi connectivity index (χ4v) is 4.19. The minimum absolute atomic E-state index is 0.189. The Labute approximate surface area is 152 Å². The summed E-state index contributed by atoms with van der Waals surface area (Å²) in [6, 6.07) is 7.08. The largest absolute Gasteiger partial charge is 0.467 e. The van der Waals surface area contributed by atoms with Crippen LogP contribution in [0.4, 0.5) is 4.39 Å². The number of benzene rings is 1. The van der Waals surface area contributed by atoms with Crippen LogP contribution in [0.25, 0.3) is 0 Å². The number of ether oxygens (including phenoxy) is 2. The zero-order valence-electron chi connectivity index (χ0n) is 13.2. The molecule has 0 radical (unpaired) electrons. The number of aryl methyl sites for hydroxylation is 2. The number of thiophene rings is 1. The lowest BCUT2D eigenvalue weighted by atomic mass is 10.1. The van der Waals surface area contributed by atoms with E-state index in [1.54, 1.807) is 16.0 Å². The molecule has 2 aromatic heterocycles. The van der Waals surface area contributed by atoms with Gasteiger partial charge in [0.05, 0.1) is 13.2 Å². The molecule has 6 nitrogen and oxygen atoms in total. The Morgan fingerprint density at radius 2 is 2.32 bits per heavy atom. The van der Waals surface area contributed by atoms with E-state index in [0.29, 0.717) is 29.8 Å². The van der Waals surface area contributed by atoms with Crippen molar-refractivity contribution in [3.63, 3.8) is 0 Å². The van der Waals surface area contributed by atoms with Gasteiger partial charge in [-0.2, -0.15) is 0 Å². The summed E-state index contributed by atoms with van der Waals surface area (Å²) in [5.74, 6) is 0.943. The first kappa shape index (κ1) is 16.5. The van der Waals surface area contributed by atoms with Crippen LogP contribution >= 0.6 is 23.1 Å². The second-order valence-corrected chi connectivity index (χ2v) is 7.44. The zero-order chi connectivity index (χ0) is 17.1. The monoisotopic (exact) mass is 378 g/mol. The number of hydrogen-bond donors (Lipinski definition) is 0. The number of nitrogens with zero attached hydrogens (tertiary/aromatic N) is 4. The van der Waals surface area contributed by atoms with Crippen LogP contribution in [-0.4, -0.2) is 27.0 Å². The van der Waals surface area contributed by atoms with Crippen LogP contribution in [0.2, 0.25) is 0 Å². The Morgan fingerprint density at radius 1 is 1.36 bits per heavy atom. The summed E-state index contributed by atoms with van der Waals surface area (Å²) in [5.41, 5.74) is 1.52. The first-order valence-electron chi connectivity index (χ1n) is 7.73. The molecule has 0 N–H and O–H groups in total. The van der Waals surface area contributed by atoms with E-state index in [0.717, 1.165) is 17.5 Å². The molecule has 1 aliphatic heterocycles. The SMILES string of the molecule is Fc1cc2c(c(CSc3nnnn3CCc3cccs3)c1)OCOC2. The molecule has 0 atom stereocenters. The van der Waals surface area contributed by atoms with E-state index >= 15 is 0 Å². The molecule has 0 unspecified atom stereocenters. The number of halogens is 1. The summed E-state index contributed by atoms with van der Waals surface area (Å²) in [6.07, 6.45) is 0.881. The molecule has 0 bridgehead atoms. The fraction of sp³-hybridized carbons (Fsp3) is 0.312. The molecular formula is C16H15FN4O2S2. The van der Waals surface area contributed by atoms with Crippen molar-refractivity contribution in [2.75, 3.05) is 6.79 Å². The topological polar surface area (TPSA) is 62.1 Å². The van der Waals surface area contributed by atoms with E-state index in [2.05, 4.69) is 27.0 Å². The maximum Gasteiger partial charge on any atom is 0.209 e. The number of thioether (sulfide) groups is 1. The van der Waals surface area contributed by atoms with E-state index in [9.17, 15) is 4.39 Å². The maximum absolute atomic E-state index is 13.8. The predicted molar refractivity (Wildman–Crippen MR) is 92.1 cm³/mol. The Morgan fingerprint density at radius 3 is 3.20 bits per heavy atom. The first-order valence-corrected chi connectivity index (χ1v) is 9.59. The normalized spacial score (nSPS) is 13.5. The lowest BCUT2D eigenvalue weighted by molar-refractivity contribution is -0.0171. The van der Waals surface area contributed by atoms with Crippen LogP contribution in [-0.2, 0) is 30.1 Å². The minimum Gasteiger partial charge on any atom is -0.467 e. The molecule has 3 aromatic rings. The molecule has 0 aliphatic carbocycles. The van der Waals surface area contributed by atoms with Gasteiger partial charge in [0, 0.05) is 28.2 Å². The van der Waals surface area contributed by atoms with Gasteiger partial charge in [-0.25, -0.2) is 9.07 Å². The molecule has 0 fully saturated rings. The molecule has 3 heterocycles. The van der Waals surface area contributed by atoms with Crippen molar-refractivity contribution >= 4 is 23.1 Å². The standard InChI is InChI=1S/C16H15FN4O2S2/c17-13-6-11-8-22-10-23-15(11)12(7-13)9-25-16-18-19-20-21(16)4-3-14-2-1-5-24-14/h1-2,5-7H,3-4,8-10H2. The number of tetrazole rings is 1. The van der Waals surface area contributed by atoms with Gasteiger partial charge in [0.2, 0.25) is 5.16 Å². The van der Waals surface area contributed by atoms with Gasteiger partial charge in [0.25, 0.3) is 0 Å². The third kappa shape index (κ3) is 3.83. The molecule has 0 saturated carbocycles. The average molecular weight is 378 g/mol. The summed E-state index contributed by atoms with van der Waals surface area (Å²) >= 11 is 3.19. The number of aromatic nitrogens is 4. The van der Waals surface area contributed by atoms with Crippen molar-refractivity contribution in [1.82, 2.24) is 20.2 Å². The molecule has 1 aromatic carbocycles. The summed E-state index contributed by atoms with van der Waals surface area (Å²) in [5, 5.41) is 14.6. The number of rotatable bonds is 6. The quantitative estimate of drug-likeness (QED) is 0.614. The third-order valence-corrected chi connectivity index (χ3v) is 5.70. The van der Waals surface area contributed by atoms with Crippen LogP contribution in [0.15, 0.2) is 34.8 Å². The molecule has 130 valence electrons. The minimum atomic E-state index is -0.291. The van der Waals surface area contributed by atoms with E-state index in [1.165, 1.54) is 28.8 Å².